The Morgan fingerprint density at radius 1 is 1.12 bits per heavy atom. The van der Waals surface area contributed by atoms with Crippen LogP contribution < -0.4 is 20.5 Å². The Morgan fingerprint density at radius 2 is 1.71 bits per heavy atom. The van der Waals surface area contributed by atoms with Gasteiger partial charge in [-0.25, -0.2) is 4.98 Å². The Balaban J connectivity index is 2.49. The summed E-state index contributed by atoms with van der Waals surface area (Å²) in [4.78, 5) is 22.5. The van der Waals surface area contributed by atoms with Crippen molar-refractivity contribution < 1.29 is 27.4 Å². The van der Waals surface area contributed by atoms with Crippen LogP contribution in [0.5, 0.6) is 11.8 Å². The Kier molecular flexibility index (Phi) is 4.71. The monoisotopic (exact) mass is 343 g/mol. The maximum atomic E-state index is 12.8. The Bertz CT molecular complexity index is 745. The van der Waals surface area contributed by atoms with Gasteiger partial charge in [0.2, 0.25) is 17.7 Å². The molecule has 0 atom stereocenters. The van der Waals surface area contributed by atoms with Crippen molar-refractivity contribution in [1.29, 1.82) is 0 Å². The van der Waals surface area contributed by atoms with Crippen LogP contribution in [0.3, 0.4) is 0 Å². The lowest BCUT2D eigenvalue weighted by atomic mass is 10.2. The minimum Gasteiger partial charge on any atom is -0.481 e. The fourth-order valence-electron chi connectivity index (χ4n) is 1.69. The third kappa shape index (κ3) is 3.80. The van der Waals surface area contributed by atoms with Crippen LogP contribution in [-0.2, 0) is 6.18 Å². The van der Waals surface area contributed by atoms with Crippen molar-refractivity contribution in [2.45, 2.75) is 6.18 Å². The molecule has 128 valence electrons. The number of aromatic nitrogens is 3. The Hall–Kier alpha value is -3.11. The maximum Gasteiger partial charge on any atom is 0.433 e. The number of hydrogen-bond donors (Lipinski definition) is 2. The number of pyridine rings is 1. The zero-order chi connectivity index (χ0) is 17.9. The molecule has 0 spiro atoms. The van der Waals surface area contributed by atoms with E-state index in [0.29, 0.717) is 6.07 Å². The van der Waals surface area contributed by atoms with Gasteiger partial charge in [-0.2, -0.15) is 23.1 Å². The Morgan fingerprint density at radius 3 is 2.17 bits per heavy atom. The van der Waals surface area contributed by atoms with Gasteiger partial charge in [0, 0.05) is 0 Å². The summed E-state index contributed by atoms with van der Waals surface area (Å²) in [5, 5.41) is 2.42. The lowest BCUT2D eigenvalue weighted by Gasteiger charge is -2.12. The lowest BCUT2D eigenvalue weighted by molar-refractivity contribution is -0.141. The van der Waals surface area contributed by atoms with Crippen LogP contribution in [0.1, 0.15) is 16.1 Å². The number of methoxy groups -OCH3 is 2. The van der Waals surface area contributed by atoms with Crippen molar-refractivity contribution in [2.75, 3.05) is 19.5 Å². The lowest BCUT2D eigenvalue weighted by Crippen LogP contribution is -2.17. The number of nitrogens with one attached hydrogen (secondary N) is 1. The van der Waals surface area contributed by atoms with Gasteiger partial charge in [0.25, 0.3) is 5.91 Å². The predicted molar refractivity (Wildman–Crippen MR) is 76.2 cm³/mol. The third-order valence-corrected chi connectivity index (χ3v) is 2.78. The molecule has 0 saturated carbocycles. The van der Waals surface area contributed by atoms with Crippen molar-refractivity contribution >= 4 is 17.7 Å². The number of nitrogens with two attached hydrogens (primary N) is 1. The number of hydrogen-bond acceptors (Lipinski definition) is 7. The van der Waals surface area contributed by atoms with E-state index in [4.69, 9.17) is 15.2 Å². The first-order valence-corrected chi connectivity index (χ1v) is 6.36. The smallest absolute Gasteiger partial charge is 0.433 e. The van der Waals surface area contributed by atoms with E-state index < -0.39 is 23.6 Å². The molecule has 2 heterocycles. The van der Waals surface area contributed by atoms with Crippen molar-refractivity contribution in [3.63, 3.8) is 0 Å². The summed E-state index contributed by atoms with van der Waals surface area (Å²) < 4.78 is 48.3. The molecule has 0 saturated heterocycles. The normalized spacial score (nSPS) is 11.0. The molecule has 2 rings (SSSR count). The summed E-state index contributed by atoms with van der Waals surface area (Å²) in [6.45, 7) is 0. The van der Waals surface area contributed by atoms with Crippen LogP contribution in [-0.4, -0.2) is 35.1 Å². The molecule has 0 aliphatic rings. The van der Waals surface area contributed by atoms with Crippen LogP contribution in [0.4, 0.5) is 24.9 Å². The standard InChI is InChI=1S/C13H12F3N5O3/c1-23-8-5-9(24-2)20-12(19-8)21-11-6(10(17)22)3-4-7(18-11)13(14,15)16/h3-5H,1-2H3,(H2,17,22)(H,18,19,20,21). The van der Waals surface area contributed by atoms with Gasteiger partial charge in [0.15, 0.2) is 0 Å². The number of alkyl halides is 3. The second-order valence-electron chi connectivity index (χ2n) is 4.36. The van der Waals surface area contributed by atoms with E-state index in [0.717, 1.165) is 6.07 Å². The quantitative estimate of drug-likeness (QED) is 0.850. The SMILES string of the molecule is COc1cc(OC)nc(Nc2nc(C(F)(F)F)ccc2C(N)=O)n1. The molecule has 0 bridgehead atoms. The van der Waals surface area contributed by atoms with Crippen molar-refractivity contribution in [3.05, 3.63) is 29.5 Å². The van der Waals surface area contributed by atoms with Gasteiger partial charge in [-0.1, -0.05) is 0 Å². The summed E-state index contributed by atoms with van der Waals surface area (Å²) in [7, 11) is 2.67. The van der Waals surface area contributed by atoms with Crippen LogP contribution in [0.15, 0.2) is 18.2 Å². The van der Waals surface area contributed by atoms with Gasteiger partial charge in [-0.05, 0) is 12.1 Å². The highest BCUT2D eigenvalue weighted by atomic mass is 19.4. The number of halogens is 3. The van der Waals surface area contributed by atoms with Gasteiger partial charge in [-0.3, -0.25) is 4.79 Å². The molecule has 8 nitrogen and oxygen atoms in total. The van der Waals surface area contributed by atoms with Crippen molar-refractivity contribution in [2.24, 2.45) is 5.73 Å². The van der Waals surface area contributed by atoms with Crippen LogP contribution in [0.2, 0.25) is 0 Å². The second kappa shape index (κ2) is 6.56. The number of primary amides is 1. The molecular weight excluding hydrogens is 331 g/mol. The highest BCUT2D eigenvalue weighted by Gasteiger charge is 2.33. The molecule has 1 amide bonds. The second-order valence-corrected chi connectivity index (χ2v) is 4.36. The first kappa shape index (κ1) is 17.2. The van der Waals surface area contributed by atoms with E-state index in [-0.39, 0.29) is 23.3 Å². The number of anilines is 2. The first-order chi connectivity index (χ1) is 11.2. The molecule has 0 radical (unpaired) electrons. The zero-order valence-corrected chi connectivity index (χ0v) is 12.5. The van der Waals surface area contributed by atoms with E-state index in [1.807, 2.05) is 0 Å². The highest BCUT2D eigenvalue weighted by molar-refractivity contribution is 5.98. The third-order valence-electron chi connectivity index (χ3n) is 2.78. The summed E-state index contributed by atoms with van der Waals surface area (Å²) in [6.07, 6.45) is -4.69. The molecule has 11 heteroatoms. The summed E-state index contributed by atoms with van der Waals surface area (Å²) >= 11 is 0. The highest BCUT2D eigenvalue weighted by Crippen LogP contribution is 2.30. The first-order valence-electron chi connectivity index (χ1n) is 6.36. The number of ether oxygens (including phenoxy) is 2. The molecule has 3 N–H and O–H groups in total. The van der Waals surface area contributed by atoms with Gasteiger partial charge < -0.3 is 20.5 Å². The summed E-state index contributed by atoms with van der Waals surface area (Å²) in [5.41, 5.74) is 3.69. The van der Waals surface area contributed by atoms with Crippen LogP contribution in [0.25, 0.3) is 0 Å². The fraction of sp³-hybridized carbons (Fsp3) is 0.231. The number of nitrogens with zero attached hydrogens (tertiary/aromatic N) is 3. The molecule has 0 fully saturated rings. The van der Waals surface area contributed by atoms with Crippen molar-refractivity contribution in [3.8, 4) is 11.8 Å². The zero-order valence-electron chi connectivity index (χ0n) is 12.5. The summed E-state index contributed by atoms with van der Waals surface area (Å²) in [6, 6.07) is 2.93. The van der Waals surface area contributed by atoms with E-state index in [2.05, 4.69) is 20.3 Å². The average Bonchev–Trinajstić information content (AvgIpc) is 2.53. The van der Waals surface area contributed by atoms with Gasteiger partial charge in [-0.15, -0.1) is 0 Å². The number of rotatable bonds is 5. The van der Waals surface area contributed by atoms with Crippen molar-refractivity contribution in [1.82, 2.24) is 15.0 Å². The molecule has 0 unspecified atom stereocenters. The fourth-order valence-corrected chi connectivity index (χ4v) is 1.69. The van der Waals surface area contributed by atoms with E-state index in [1.165, 1.54) is 20.3 Å². The molecule has 24 heavy (non-hydrogen) atoms. The molecule has 2 aromatic rings. The molecule has 2 aromatic heterocycles. The number of amides is 1. The van der Waals surface area contributed by atoms with Gasteiger partial charge in [0.05, 0.1) is 25.8 Å². The molecule has 0 aromatic carbocycles. The van der Waals surface area contributed by atoms with Gasteiger partial charge >= 0.3 is 6.18 Å². The average molecular weight is 343 g/mol. The molecule has 0 aliphatic carbocycles. The van der Waals surface area contributed by atoms with Gasteiger partial charge in [0.1, 0.15) is 11.5 Å². The predicted octanol–water partition coefficient (Wildman–Crippen LogP) is 1.75. The number of carbonyl (C=O) groups excluding carboxylic acids is 1. The molecule has 0 aliphatic heterocycles. The van der Waals surface area contributed by atoms with E-state index in [1.54, 1.807) is 0 Å². The topological polar surface area (TPSA) is 112 Å². The van der Waals surface area contributed by atoms with E-state index >= 15 is 0 Å². The number of carbonyl (C=O) groups is 1. The maximum absolute atomic E-state index is 12.8. The van der Waals surface area contributed by atoms with E-state index in [9.17, 15) is 18.0 Å². The molecular formula is C13H12F3N5O3. The summed E-state index contributed by atoms with van der Waals surface area (Å²) in [5.74, 6) is -1.39. The minimum absolute atomic E-state index is 0.0944. The van der Waals surface area contributed by atoms with Crippen LogP contribution in [0, 0.1) is 0 Å². The largest absolute Gasteiger partial charge is 0.481 e. The Labute approximate surface area is 133 Å². The minimum atomic E-state index is -4.69. The van der Waals surface area contributed by atoms with Crippen LogP contribution >= 0.6 is 0 Å².